The van der Waals surface area contributed by atoms with Gasteiger partial charge < -0.3 is 9.88 Å². The molecule has 0 saturated heterocycles. The van der Waals surface area contributed by atoms with E-state index in [1.807, 2.05) is 6.33 Å². The van der Waals surface area contributed by atoms with E-state index in [1.165, 1.54) is 17.0 Å². The van der Waals surface area contributed by atoms with E-state index in [9.17, 15) is 0 Å². The number of fused-ring (bicyclic) bond motifs is 1. The predicted molar refractivity (Wildman–Crippen MR) is 80.1 cm³/mol. The highest BCUT2D eigenvalue weighted by Gasteiger charge is 2.23. The number of nitrogens with one attached hydrogen (secondary N) is 1. The van der Waals surface area contributed by atoms with Crippen LogP contribution in [0, 0.1) is 0 Å². The van der Waals surface area contributed by atoms with Gasteiger partial charge in [0.1, 0.15) is 0 Å². The average molecular weight is 320 g/mol. The molecule has 0 fully saturated rings. The van der Waals surface area contributed by atoms with Crippen molar-refractivity contribution in [3.63, 3.8) is 0 Å². The van der Waals surface area contributed by atoms with Gasteiger partial charge in [-0.05, 0) is 30.5 Å². The lowest BCUT2D eigenvalue weighted by Crippen LogP contribution is -2.31. The van der Waals surface area contributed by atoms with Crippen LogP contribution in [-0.2, 0) is 19.9 Å². The molecule has 0 radical (unpaired) electrons. The minimum Gasteiger partial charge on any atom is -0.336 e. The monoisotopic (exact) mass is 319 g/mol. The zero-order valence-corrected chi connectivity index (χ0v) is 12.7. The molecule has 1 unspecified atom stereocenters. The number of rotatable bonds is 3. The molecule has 0 amide bonds. The number of hydrogen-bond donors (Lipinski definition) is 1. The fourth-order valence-corrected chi connectivity index (χ4v) is 3.05. The second-order valence-corrected chi connectivity index (χ2v) is 6.02. The normalized spacial score (nSPS) is 18.3. The van der Waals surface area contributed by atoms with Crippen molar-refractivity contribution in [1.82, 2.24) is 14.9 Å². The molecule has 1 aromatic carbocycles. The van der Waals surface area contributed by atoms with Gasteiger partial charge in [0.25, 0.3) is 0 Å². The van der Waals surface area contributed by atoms with E-state index >= 15 is 0 Å². The number of imidazole rings is 1. The van der Waals surface area contributed by atoms with Crippen molar-refractivity contribution in [2.45, 2.75) is 25.3 Å². The van der Waals surface area contributed by atoms with E-state index in [4.69, 9.17) is 0 Å². The SMILES string of the molecule is Cn1cnc2c1C(CCc1ccc(Br)cc1)NCC2. The van der Waals surface area contributed by atoms with Crippen LogP contribution in [0.1, 0.15) is 29.4 Å². The van der Waals surface area contributed by atoms with Gasteiger partial charge in [-0.2, -0.15) is 0 Å². The van der Waals surface area contributed by atoms with Crippen molar-refractivity contribution in [2.24, 2.45) is 7.05 Å². The second-order valence-electron chi connectivity index (χ2n) is 5.11. The smallest absolute Gasteiger partial charge is 0.0949 e. The molecule has 1 aliphatic rings. The van der Waals surface area contributed by atoms with Gasteiger partial charge in [0, 0.05) is 30.5 Å². The van der Waals surface area contributed by atoms with Crippen molar-refractivity contribution < 1.29 is 0 Å². The lowest BCUT2D eigenvalue weighted by Gasteiger charge is -2.25. The van der Waals surface area contributed by atoms with Gasteiger partial charge >= 0.3 is 0 Å². The quantitative estimate of drug-likeness (QED) is 0.942. The minimum absolute atomic E-state index is 0.430. The largest absolute Gasteiger partial charge is 0.336 e. The lowest BCUT2D eigenvalue weighted by atomic mass is 9.98. The van der Waals surface area contributed by atoms with E-state index in [0.717, 1.165) is 30.3 Å². The number of aryl methyl sites for hydroxylation is 2. The molecular weight excluding hydrogens is 302 g/mol. The van der Waals surface area contributed by atoms with Crippen LogP contribution >= 0.6 is 15.9 Å². The molecule has 1 N–H and O–H groups in total. The molecule has 0 bridgehead atoms. The van der Waals surface area contributed by atoms with Crippen LogP contribution in [0.4, 0.5) is 0 Å². The number of halogens is 1. The maximum Gasteiger partial charge on any atom is 0.0949 e. The van der Waals surface area contributed by atoms with Crippen LogP contribution < -0.4 is 5.32 Å². The van der Waals surface area contributed by atoms with E-state index < -0.39 is 0 Å². The highest BCUT2D eigenvalue weighted by Crippen LogP contribution is 2.25. The van der Waals surface area contributed by atoms with E-state index in [0.29, 0.717) is 6.04 Å². The molecule has 0 saturated carbocycles. The summed E-state index contributed by atoms with van der Waals surface area (Å²) in [5.41, 5.74) is 4.02. The van der Waals surface area contributed by atoms with Crippen molar-refractivity contribution in [1.29, 1.82) is 0 Å². The summed E-state index contributed by atoms with van der Waals surface area (Å²) in [6.45, 7) is 1.04. The Hall–Kier alpha value is -1.13. The van der Waals surface area contributed by atoms with Crippen LogP contribution in [0.2, 0.25) is 0 Å². The van der Waals surface area contributed by atoms with Crippen molar-refractivity contribution >= 4 is 15.9 Å². The van der Waals surface area contributed by atoms with Gasteiger partial charge in [-0.1, -0.05) is 28.1 Å². The predicted octanol–water partition coefficient (Wildman–Crippen LogP) is 3.00. The first-order valence-corrected chi connectivity index (χ1v) is 7.51. The number of hydrogen-bond acceptors (Lipinski definition) is 2. The maximum absolute atomic E-state index is 4.49. The molecule has 2 heterocycles. The Kier molecular flexibility index (Phi) is 3.71. The molecule has 4 heteroatoms. The maximum atomic E-state index is 4.49. The van der Waals surface area contributed by atoms with Crippen molar-refractivity contribution in [2.75, 3.05) is 6.54 Å². The molecule has 2 aromatic rings. The van der Waals surface area contributed by atoms with Crippen molar-refractivity contribution in [3.8, 4) is 0 Å². The molecule has 1 aromatic heterocycles. The Morgan fingerprint density at radius 1 is 1.37 bits per heavy atom. The highest BCUT2D eigenvalue weighted by molar-refractivity contribution is 9.10. The van der Waals surface area contributed by atoms with Crippen LogP contribution in [0.5, 0.6) is 0 Å². The summed E-state index contributed by atoms with van der Waals surface area (Å²) in [4.78, 5) is 4.49. The fraction of sp³-hybridized carbons (Fsp3) is 0.400. The summed E-state index contributed by atoms with van der Waals surface area (Å²) in [5.74, 6) is 0. The third-order valence-corrected chi connectivity index (χ3v) is 4.31. The zero-order chi connectivity index (χ0) is 13.2. The Balaban J connectivity index is 1.71. The summed E-state index contributed by atoms with van der Waals surface area (Å²) in [6, 6.07) is 9.03. The topological polar surface area (TPSA) is 29.9 Å². The van der Waals surface area contributed by atoms with Gasteiger partial charge in [-0.3, -0.25) is 0 Å². The van der Waals surface area contributed by atoms with Crippen LogP contribution in [-0.4, -0.2) is 16.1 Å². The molecule has 3 rings (SSSR count). The summed E-state index contributed by atoms with van der Waals surface area (Å²) >= 11 is 3.47. The van der Waals surface area contributed by atoms with E-state index in [1.54, 1.807) is 0 Å². The fourth-order valence-electron chi connectivity index (χ4n) is 2.79. The van der Waals surface area contributed by atoms with Crippen molar-refractivity contribution in [3.05, 3.63) is 52.0 Å². The third kappa shape index (κ3) is 2.74. The Morgan fingerprint density at radius 2 is 2.16 bits per heavy atom. The van der Waals surface area contributed by atoms with Crippen LogP contribution in [0.25, 0.3) is 0 Å². The average Bonchev–Trinajstić information content (AvgIpc) is 2.81. The molecule has 0 aliphatic carbocycles. The van der Waals surface area contributed by atoms with Gasteiger partial charge in [-0.15, -0.1) is 0 Å². The van der Waals surface area contributed by atoms with Gasteiger partial charge in [-0.25, -0.2) is 4.98 Å². The van der Waals surface area contributed by atoms with Gasteiger partial charge in [0.2, 0.25) is 0 Å². The Labute approximate surface area is 122 Å². The molecule has 1 aliphatic heterocycles. The molecule has 1 atom stereocenters. The zero-order valence-electron chi connectivity index (χ0n) is 11.1. The minimum atomic E-state index is 0.430. The standard InChI is InChI=1S/C15H18BrN3/c1-19-10-18-14-8-9-17-13(15(14)19)7-4-11-2-5-12(16)6-3-11/h2-3,5-6,10,13,17H,4,7-9H2,1H3. The summed E-state index contributed by atoms with van der Waals surface area (Å²) in [5, 5.41) is 3.61. The summed E-state index contributed by atoms with van der Waals surface area (Å²) < 4.78 is 3.30. The summed E-state index contributed by atoms with van der Waals surface area (Å²) in [6.07, 6.45) is 5.19. The molecule has 0 spiro atoms. The number of nitrogens with zero attached hydrogens (tertiary/aromatic N) is 2. The summed E-state index contributed by atoms with van der Waals surface area (Å²) in [7, 11) is 2.09. The first kappa shape index (κ1) is 12.9. The molecule has 3 nitrogen and oxygen atoms in total. The lowest BCUT2D eigenvalue weighted by molar-refractivity contribution is 0.451. The van der Waals surface area contributed by atoms with Gasteiger partial charge in [0.05, 0.1) is 17.7 Å². The number of benzene rings is 1. The Morgan fingerprint density at radius 3 is 2.95 bits per heavy atom. The van der Waals surface area contributed by atoms with E-state index in [-0.39, 0.29) is 0 Å². The Bertz CT molecular complexity index is 559. The van der Waals surface area contributed by atoms with Crippen LogP contribution in [0.3, 0.4) is 0 Å². The first-order chi connectivity index (χ1) is 9.24. The highest BCUT2D eigenvalue weighted by atomic mass is 79.9. The second kappa shape index (κ2) is 5.47. The molecule has 19 heavy (non-hydrogen) atoms. The molecule has 100 valence electrons. The van der Waals surface area contributed by atoms with Crippen LogP contribution in [0.15, 0.2) is 35.1 Å². The van der Waals surface area contributed by atoms with E-state index in [2.05, 4.69) is 62.1 Å². The van der Waals surface area contributed by atoms with Gasteiger partial charge in [0.15, 0.2) is 0 Å². The first-order valence-electron chi connectivity index (χ1n) is 6.72. The third-order valence-electron chi connectivity index (χ3n) is 3.78. The number of aromatic nitrogens is 2. The molecular formula is C15H18BrN3.